The lowest BCUT2D eigenvalue weighted by Crippen LogP contribution is -2.44. The van der Waals surface area contributed by atoms with Gasteiger partial charge in [-0.05, 0) is 19.4 Å². The summed E-state index contributed by atoms with van der Waals surface area (Å²) in [6.07, 6.45) is 0.322. The van der Waals surface area contributed by atoms with Crippen molar-refractivity contribution in [1.29, 1.82) is 0 Å². The molecule has 5 heteroatoms. The van der Waals surface area contributed by atoms with Gasteiger partial charge in [0.15, 0.2) is 0 Å². The fraction of sp³-hybridized carbons (Fsp3) is 0.333. The molecule has 0 spiro atoms. The molecule has 0 aliphatic carbocycles. The van der Waals surface area contributed by atoms with E-state index in [1.807, 2.05) is 44.2 Å². The lowest BCUT2D eigenvalue weighted by Gasteiger charge is -2.27. The Morgan fingerprint density at radius 1 is 1.35 bits per heavy atom. The second kappa shape index (κ2) is 5.73. The zero-order chi connectivity index (χ0) is 14.8. The van der Waals surface area contributed by atoms with Crippen molar-refractivity contribution in [2.75, 3.05) is 6.54 Å². The number of rotatable bonds is 5. The highest BCUT2D eigenvalue weighted by Gasteiger charge is 2.40. The summed E-state index contributed by atoms with van der Waals surface area (Å²) in [6.45, 7) is 3.97. The number of aliphatic carboxylic acids is 1. The summed E-state index contributed by atoms with van der Waals surface area (Å²) in [5, 5.41) is 10.5. The number of benzene rings is 1. The van der Waals surface area contributed by atoms with Crippen LogP contribution in [0.5, 0.6) is 0 Å². The molecular formula is C15H18N2O2S. The van der Waals surface area contributed by atoms with Crippen LogP contribution in [-0.2, 0) is 16.6 Å². The van der Waals surface area contributed by atoms with Crippen molar-refractivity contribution in [3.63, 3.8) is 0 Å². The monoisotopic (exact) mass is 290 g/mol. The smallest absolute Gasteiger partial charge is 0.315 e. The summed E-state index contributed by atoms with van der Waals surface area (Å²) >= 11 is 1.54. The number of nitrogens with zero attached hydrogens (tertiary/aromatic N) is 1. The molecule has 0 aliphatic rings. The van der Waals surface area contributed by atoms with Gasteiger partial charge >= 0.3 is 5.97 Å². The van der Waals surface area contributed by atoms with E-state index < -0.39 is 11.4 Å². The quantitative estimate of drug-likeness (QED) is 0.885. The fourth-order valence-corrected chi connectivity index (χ4v) is 3.26. The summed E-state index contributed by atoms with van der Waals surface area (Å²) in [7, 11) is 0. The maximum Gasteiger partial charge on any atom is 0.315 e. The van der Waals surface area contributed by atoms with Gasteiger partial charge in [-0.25, -0.2) is 4.98 Å². The van der Waals surface area contributed by atoms with Crippen molar-refractivity contribution < 1.29 is 9.90 Å². The van der Waals surface area contributed by atoms with Gasteiger partial charge < -0.3 is 10.8 Å². The van der Waals surface area contributed by atoms with E-state index in [0.717, 1.165) is 21.1 Å². The topological polar surface area (TPSA) is 76.2 Å². The van der Waals surface area contributed by atoms with Crippen LogP contribution in [0.25, 0.3) is 0 Å². The van der Waals surface area contributed by atoms with Gasteiger partial charge in [0, 0.05) is 17.8 Å². The number of carboxylic acids is 1. The van der Waals surface area contributed by atoms with Crippen molar-refractivity contribution in [3.8, 4) is 0 Å². The lowest BCUT2D eigenvalue weighted by atomic mass is 9.78. The minimum atomic E-state index is -1.11. The van der Waals surface area contributed by atoms with Crippen LogP contribution < -0.4 is 5.73 Å². The van der Waals surface area contributed by atoms with Gasteiger partial charge in [0.25, 0.3) is 0 Å². The molecule has 0 bridgehead atoms. The van der Waals surface area contributed by atoms with E-state index in [-0.39, 0.29) is 6.54 Å². The predicted molar refractivity (Wildman–Crippen MR) is 80.1 cm³/mol. The Kier molecular flexibility index (Phi) is 4.20. The average Bonchev–Trinajstić information content (AvgIpc) is 2.75. The number of carbonyl (C=O) groups is 1. The molecule has 0 fully saturated rings. The van der Waals surface area contributed by atoms with Crippen molar-refractivity contribution in [3.05, 3.63) is 51.5 Å². The molecule has 1 aromatic carbocycles. The molecule has 0 aliphatic heterocycles. The van der Waals surface area contributed by atoms with Gasteiger partial charge in [-0.1, -0.05) is 30.3 Å². The van der Waals surface area contributed by atoms with E-state index in [9.17, 15) is 9.90 Å². The second-order valence-corrected chi connectivity index (χ2v) is 6.17. The minimum Gasteiger partial charge on any atom is -0.481 e. The number of hydrogen-bond donors (Lipinski definition) is 2. The summed E-state index contributed by atoms with van der Waals surface area (Å²) < 4.78 is 0. The highest BCUT2D eigenvalue weighted by atomic mass is 32.1. The molecule has 106 valence electrons. The van der Waals surface area contributed by atoms with Gasteiger partial charge in [0.2, 0.25) is 0 Å². The van der Waals surface area contributed by atoms with Crippen LogP contribution in [0.2, 0.25) is 0 Å². The van der Waals surface area contributed by atoms with E-state index in [2.05, 4.69) is 4.98 Å². The first kappa shape index (κ1) is 14.7. The summed E-state index contributed by atoms with van der Waals surface area (Å²) in [4.78, 5) is 17.4. The van der Waals surface area contributed by atoms with Crippen LogP contribution in [0.1, 0.15) is 21.1 Å². The number of aryl methyl sites for hydroxylation is 2. The number of thiazole rings is 1. The largest absolute Gasteiger partial charge is 0.481 e. The zero-order valence-corrected chi connectivity index (χ0v) is 12.4. The standard InChI is InChI=1S/C15H18N2O2S/c1-10-11(2)20-13(17-10)8-15(9-16,14(18)19)12-6-4-3-5-7-12/h3-7H,8-9,16H2,1-2H3,(H,18,19). The van der Waals surface area contributed by atoms with Crippen molar-refractivity contribution in [2.24, 2.45) is 5.73 Å². The molecule has 20 heavy (non-hydrogen) atoms. The van der Waals surface area contributed by atoms with Crippen molar-refractivity contribution in [2.45, 2.75) is 25.7 Å². The third kappa shape index (κ3) is 2.59. The first-order valence-electron chi connectivity index (χ1n) is 6.41. The third-order valence-electron chi connectivity index (χ3n) is 3.61. The first-order chi connectivity index (χ1) is 9.49. The number of carboxylic acid groups (broad SMARTS) is 1. The van der Waals surface area contributed by atoms with E-state index in [0.29, 0.717) is 6.42 Å². The highest BCUT2D eigenvalue weighted by Crippen LogP contribution is 2.30. The van der Waals surface area contributed by atoms with Gasteiger partial charge in [0.05, 0.1) is 10.7 Å². The van der Waals surface area contributed by atoms with Crippen LogP contribution in [0.3, 0.4) is 0 Å². The molecule has 0 radical (unpaired) electrons. The normalized spacial score (nSPS) is 13.9. The molecule has 1 aromatic heterocycles. The molecule has 4 nitrogen and oxygen atoms in total. The minimum absolute atomic E-state index is 0.0457. The first-order valence-corrected chi connectivity index (χ1v) is 7.23. The van der Waals surface area contributed by atoms with E-state index in [1.54, 1.807) is 0 Å². The Bertz CT molecular complexity index is 590. The summed E-state index contributed by atoms with van der Waals surface area (Å²) in [6, 6.07) is 9.16. The van der Waals surface area contributed by atoms with Gasteiger partial charge in [-0.15, -0.1) is 11.3 Å². The van der Waals surface area contributed by atoms with Crippen LogP contribution in [0.15, 0.2) is 30.3 Å². The Morgan fingerprint density at radius 2 is 2.00 bits per heavy atom. The summed E-state index contributed by atoms with van der Waals surface area (Å²) in [5.74, 6) is -0.906. The number of aromatic nitrogens is 1. The molecule has 0 saturated carbocycles. The van der Waals surface area contributed by atoms with E-state index in [1.165, 1.54) is 11.3 Å². The molecule has 0 amide bonds. The fourth-order valence-electron chi connectivity index (χ4n) is 2.21. The maximum absolute atomic E-state index is 11.8. The van der Waals surface area contributed by atoms with Crippen LogP contribution in [-0.4, -0.2) is 22.6 Å². The molecule has 1 heterocycles. The Hall–Kier alpha value is -1.72. The second-order valence-electron chi connectivity index (χ2n) is 4.88. The molecule has 3 N–H and O–H groups in total. The molecule has 2 aromatic rings. The number of nitrogens with two attached hydrogens (primary N) is 1. The van der Waals surface area contributed by atoms with Gasteiger partial charge in [0.1, 0.15) is 5.41 Å². The predicted octanol–water partition coefficient (Wildman–Crippen LogP) is 2.28. The highest BCUT2D eigenvalue weighted by molar-refractivity contribution is 7.11. The average molecular weight is 290 g/mol. The van der Waals surface area contributed by atoms with Gasteiger partial charge in [-0.2, -0.15) is 0 Å². The zero-order valence-electron chi connectivity index (χ0n) is 11.6. The lowest BCUT2D eigenvalue weighted by molar-refractivity contribution is -0.143. The molecule has 2 rings (SSSR count). The summed E-state index contributed by atoms with van der Waals surface area (Å²) in [5.41, 5.74) is 6.39. The number of hydrogen-bond acceptors (Lipinski definition) is 4. The van der Waals surface area contributed by atoms with Crippen molar-refractivity contribution >= 4 is 17.3 Å². The van der Waals surface area contributed by atoms with E-state index >= 15 is 0 Å². The van der Waals surface area contributed by atoms with Gasteiger partial charge in [-0.3, -0.25) is 4.79 Å². The Morgan fingerprint density at radius 3 is 2.45 bits per heavy atom. The molecule has 0 saturated heterocycles. The third-order valence-corrected chi connectivity index (χ3v) is 4.68. The Labute approximate surface area is 122 Å². The molecule has 1 unspecified atom stereocenters. The molecule has 1 atom stereocenters. The maximum atomic E-state index is 11.8. The Balaban J connectivity index is 2.45. The van der Waals surface area contributed by atoms with E-state index in [4.69, 9.17) is 5.73 Å². The van der Waals surface area contributed by atoms with Crippen LogP contribution in [0.4, 0.5) is 0 Å². The van der Waals surface area contributed by atoms with Crippen LogP contribution in [0, 0.1) is 13.8 Å². The van der Waals surface area contributed by atoms with Crippen LogP contribution >= 0.6 is 11.3 Å². The SMILES string of the molecule is Cc1nc(CC(CN)(C(=O)O)c2ccccc2)sc1C. The van der Waals surface area contributed by atoms with Crippen molar-refractivity contribution in [1.82, 2.24) is 4.98 Å². The molecular weight excluding hydrogens is 272 g/mol.